The van der Waals surface area contributed by atoms with Crippen molar-refractivity contribution in [3.05, 3.63) is 47.4 Å². The Morgan fingerprint density at radius 1 is 1.23 bits per heavy atom. The fourth-order valence-electron chi connectivity index (χ4n) is 2.84. The molecule has 1 saturated heterocycles. The van der Waals surface area contributed by atoms with Crippen molar-refractivity contribution in [1.82, 2.24) is 19.9 Å². The van der Waals surface area contributed by atoms with E-state index in [2.05, 4.69) is 10.1 Å². The predicted octanol–water partition coefficient (Wildman–Crippen LogP) is 1.85. The Bertz CT molecular complexity index is 874. The van der Waals surface area contributed by atoms with Gasteiger partial charge in [0.05, 0.1) is 6.54 Å². The molecule has 0 spiro atoms. The average molecular weight is 356 g/mol. The number of carbonyl (C=O) groups is 1. The molecule has 0 atom stereocenters. The minimum atomic E-state index is -0.404. The van der Waals surface area contributed by atoms with Crippen LogP contribution in [0.4, 0.5) is 4.39 Å². The third-order valence-corrected chi connectivity index (χ3v) is 4.49. The molecule has 0 unspecified atom stereocenters. The van der Waals surface area contributed by atoms with Crippen LogP contribution >= 0.6 is 0 Å². The van der Waals surface area contributed by atoms with Crippen molar-refractivity contribution in [2.45, 2.75) is 18.8 Å². The van der Waals surface area contributed by atoms with Gasteiger partial charge in [0.25, 0.3) is 5.91 Å². The fraction of sp³-hybridized carbons (Fsp3) is 0.353. The molecule has 1 aromatic heterocycles. The molecule has 1 aliphatic carbocycles. The molecule has 1 saturated carbocycles. The van der Waals surface area contributed by atoms with Gasteiger partial charge in [-0.1, -0.05) is 5.16 Å². The molecule has 26 heavy (non-hydrogen) atoms. The molecule has 2 aromatic rings. The second kappa shape index (κ2) is 6.32. The number of aromatic nitrogens is 2. The van der Waals surface area contributed by atoms with E-state index in [9.17, 15) is 9.18 Å². The topological polar surface area (TPSA) is 110 Å². The highest BCUT2D eigenvalue weighted by Crippen LogP contribution is 2.38. The van der Waals surface area contributed by atoms with Crippen LogP contribution in [-0.2, 0) is 0 Å². The van der Waals surface area contributed by atoms with E-state index in [1.54, 1.807) is 0 Å². The summed E-state index contributed by atoms with van der Waals surface area (Å²) in [6.07, 6.45) is 2.05. The third kappa shape index (κ3) is 3.07. The highest BCUT2D eigenvalue weighted by molar-refractivity contribution is 6.07. The van der Waals surface area contributed by atoms with Crippen molar-refractivity contribution in [1.29, 1.82) is 10.8 Å². The number of hydrogen-bond acceptors (Lipinski definition) is 6. The van der Waals surface area contributed by atoms with Crippen LogP contribution in [0.2, 0.25) is 0 Å². The molecule has 1 aliphatic heterocycles. The molecular formula is C17H17FN6O2. The monoisotopic (exact) mass is 356 g/mol. The molecule has 1 amide bonds. The molecule has 1 aromatic carbocycles. The van der Waals surface area contributed by atoms with Crippen LogP contribution in [0.25, 0.3) is 0 Å². The number of carbonyl (C=O) groups excluding carboxylic acids is 1. The first-order valence-electron chi connectivity index (χ1n) is 8.35. The maximum atomic E-state index is 13.0. The number of rotatable bonds is 3. The van der Waals surface area contributed by atoms with Crippen LogP contribution in [0, 0.1) is 16.6 Å². The first-order chi connectivity index (χ1) is 12.5. The van der Waals surface area contributed by atoms with Crippen molar-refractivity contribution >= 4 is 17.6 Å². The van der Waals surface area contributed by atoms with Crippen molar-refractivity contribution < 1.29 is 13.7 Å². The Morgan fingerprint density at radius 2 is 1.96 bits per heavy atom. The van der Waals surface area contributed by atoms with Gasteiger partial charge in [0.15, 0.2) is 5.84 Å². The average Bonchev–Trinajstić information content (AvgIpc) is 3.38. The van der Waals surface area contributed by atoms with E-state index in [0.29, 0.717) is 23.9 Å². The van der Waals surface area contributed by atoms with Crippen LogP contribution in [0.15, 0.2) is 28.8 Å². The zero-order valence-corrected chi connectivity index (χ0v) is 13.9. The quantitative estimate of drug-likeness (QED) is 0.644. The van der Waals surface area contributed by atoms with Gasteiger partial charge >= 0.3 is 0 Å². The molecule has 4 rings (SSSR count). The normalized spacial score (nSPS) is 17.5. The zero-order chi connectivity index (χ0) is 18.3. The summed E-state index contributed by atoms with van der Waals surface area (Å²) in [5.74, 6) is 0.439. The van der Waals surface area contributed by atoms with Crippen molar-refractivity contribution in [3.8, 4) is 0 Å². The molecule has 0 bridgehead atoms. The smallest absolute Gasteiger partial charge is 0.254 e. The number of hydrogen-bond donors (Lipinski definition) is 2. The van der Waals surface area contributed by atoms with Crippen LogP contribution in [-0.4, -0.2) is 57.2 Å². The minimum Gasteiger partial charge on any atom is -0.339 e. The van der Waals surface area contributed by atoms with Gasteiger partial charge in [0.2, 0.25) is 11.7 Å². The second-order valence-electron chi connectivity index (χ2n) is 6.41. The number of nitrogens with one attached hydrogen (secondary N) is 2. The summed E-state index contributed by atoms with van der Waals surface area (Å²) < 4.78 is 18.2. The van der Waals surface area contributed by atoms with E-state index in [1.807, 2.05) is 0 Å². The SMILES string of the molecule is N=C1CN(C(=O)c2ccc(F)cc2)CCN1C(=N)c1noc(C2CC2)n1. The molecule has 9 heteroatoms. The standard InChI is InChI=1S/C17H17FN6O2/c18-12-5-3-11(4-6-12)17(25)23-7-8-24(13(19)9-23)14(20)15-21-16(26-22-15)10-1-2-10/h3-6,10,19-20H,1-2,7-9H2. The molecule has 0 radical (unpaired) electrons. The number of halogens is 1. The maximum Gasteiger partial charge on any atom is 0.254 e. The first kappa shape index (κ1) is 16.4. The summed E-state index contributed by atoms with van der Waals surface area (Å²) in [5, 5.41) is 20.3. The summed E-state index contributed by atoms with van der Waals surface area (Å²) >= 11 is 0. The van der Waals surface area contributed by atoms with Gasteiger partial charge in [-0.3, -0.25) is 15.6 Å². The Balaban J connectivity index is 1.42. The lowest BCUT2D eigenvalue weighted by Crippen LogP contribution is -2.54. The van der Waals surface area contributed by atoms with Crippen LogP contribution in [0.5, 0.6) is 0 Å². The second-order valence-corrected chi connectivity index (χ2v) is 6.41. The Hall–Kier alpha value is -3.10. The summed E-state index contributed by atoms with van der Waals surface area (Å²) in [4.78, 5) is 19.7. The van der Waals surface area contributed by atoms with E-state index in [0.717, 1.165) is 12.8 Å². The van der Waals surface area contributed by atoms with E-state index < -0.39 is 5.82 Å². The van der Waals surface area contributed by atoms with Crippen LogP contribution < -0.4 is 0 Å². The molecule has 2 fully saturated rings. The highest BCUT2D eigenvalue weighted by atomic mass is 19.1. The minimum absolute atomic E-state index is 0.000434. The molecular weight excluding hydrogens is 339 g/mol. The highest BCUT2D eigenvalue weighted by Gasteiger charge is 2.33. The van der Waals surface area contributed by atoms with Crippen LogP contribution in [0.1, 0.15) is 40.8 Å². The van der Waals surface area contributed by atoms with Crippen molar-refractivity contribution in [2.24, 2.45) is 0 Å². The lowest BCUT2D eigenvalue weighted by Gasteiger charge is -2.35. The molecule has 8 nitrogen and oxygen atoms in total. The lowest BCUT2D eigenvalue weighted by molar-refractivity contribution is 0.0757. The largest absolute Gasteiger partial charge is 0.339 e. The number of piperazine rings is 1. The van der Waals surface area contributed by atoms with Crippen molar-refractivity contribution in [2.75, 3.05) is 19.6 Å². The zero-order valence-electron chi connectivity index (χ0n) is 13.9. The number of benzene rings is 1. The van der Waals surface area contributed by atoms with Gasteiger partial charge in [0, 0.05) is 24.6 Å². The summed E-state index contributed by atoms with van der Waals surface area (Å²) in [6.45, 7) is 0.693. The summed E-state index contributed by atoms with van der Waals surface area (Å²) in [7, 11) is 0. The third-order valence-electron chi connectivity index (χ3n) is 4.49. The number of amides is 1. The summed E-state index contributed by atoms with van der Waals surface area (Å²) in [5.41, 5.74) is 0.370. The Labute approximate surface area is 148 Å². The van der Waals surface area contributed by atoms with E-state index in [4.69, 9.17) is 15.3 Å². The van der Waals surface area contributed by atoms with Gasteiger partial charge < -0.3 is 14.3 Å². The van der Waals surface area contributed by atoms with Gasteiger partial charge in [-0.25, -0.2) is 4.39 Å². The van der Waals surface area contributed by atoms with Gasteiger partial charge in [-0.15, -0.1) is 0 Å². The van der Waals surface area contributed by atoms with E-state index >= 15 is 0 Å². The Kier molecular flexibility index (Phi) is 3.98. The lowest BCUT2D eigenvalue weighted by atomic mass is 10.1. The van der Waals surface area contributed by atoms with Gasteiger partial charge in [0.1, 0.15) is 11.7 Å². The molecule has 134 valence electrons. The number of nitrogens with zero attached hydrogens (tertiary/aromatic N) is 4. The Morgan fingerprint density at radius 3 is 2.62 bits per heavy atom. The van der Waals surface area contributed by atoms with E-state index in [-0.39, 0.29) is 36.5 Å². The van der Waals surface area contributed by atoms with E-state index in [1.165, 1.54) is 34.1 Å². The molecule has 2 heterocycles. The molecule has 2 aliphatic rings. The van der Waals surface area contributed by atoms with Crippen LogP contribution in [0.3, 0.4) is 0 Å². The maximum absolute atomic E-state index is 13.0. The molecule has 2 N–H and O–H groups in total. The first-order valence-corrected chi connectivity index (χ1v) is 8.35. The summed E-state index contributed by atoms with van der Waals surface area (Å²) in [6, 6.07) is 5.32. The van der Waals surface area contributed by atoms with Gasteiger partial charge in [-0.2, -0.15) is 4.98 Å². The predicted molar refractivity (Wildman–Crippen MR) is 89.8 cm³/mol. The van der Waals surface area contributed by atoms with Gasteiger partial charge in [-0.05, 0) is 37.1 Å². The fourth-order valence-corrected chi connectivity index (χ4v) is 2.84. The van der Waals surface area contributed by atoms with Crippen molar-refractivity contribution in [3.63, 3.8) is 0 Å². The number of amidine groups is 2.